The zero-order chi connectivity index (χ0) is 18.9. The van der Waals surface area contributed by atoms with Gasteiger partial charge in [0.25, 0.3) is 5.91 Å². The van der Waals surface area contributed by atoms with Crippen molar-refractivity contribution in [2.24, 2.45) is 0 Å². The van der Waals surface area contributed by atoms with E-state index >= 15 is 0 Å². The number of amides is 1. The van der Waals surface area contributed by atoms with Gasteiger partial charge in [0, 0.05) is 28.0 Å². The highest BCUT2D eigenvalue weighted by atomic mass is 32.2. The Labute approximate surface area is 164 Å². The number of hydrogen-bond acceptors (Lipinski definition) is 5. The molecule has 1 aromatic carbocycles. The van der Waals surface area contributed by atoms with E-state index in [4.69, 9.17) is 4.42 Å². The van der Waals surface area contributed by atoms with Gasteiger partial charge < -0.3 is 9.73 Å². The normalized spacial score (nSPS) is 22.9. The van der Waals surface area contributed by atoms with Crippen molar-refractivity contribution >= 4 is 38.5 Å². The van der Waals surface area contributed by atoms with Crippen LogP contribution in [0.25, 0.3) is 11.0 Å². The van der Waals surface area contributed by atoms with Crippen LogP contribution in [0.3, 0.4) is 0 Å². The lowest BCUT2D eigenvalue weighted by molar-refractivity contribution is 0.0914. The number of carbonyl (C=O) groups excluding carboxylic acids is 1. The molecule has 1 aliphatic heterocycles. The summed E-state index contributed by atoms with van der Waals surface area (Å²) in [5.41, 5.74) is 1.64. The Balaban J connectivity index is 1.54. The van der Waals surface area contributed by atoms with E-state index < -0.39 is 9.84 Å². The first kappa shape index (κ1) is 18.9. The number of hydrogen-bond donors (Lipinski definition) is 1. The van der Waals surface area contributed by atoms with Gasteiger partial charge in [-0.3, -0.25) is 4.79 Å². The number of nitrogens with one attached hydrogen (secondary N) is 1. The van der Waals surface area contributed by atoms with Crippen LogP contribution in [0.1, 0.15) is 54.6 Å². The fourth-order valence-corrected chi connectivity index (χ4v) is 7.05. The number of para-hydroxylation sites is 1. The van der Waals surface area contributed by atoms with Crippen molar-refractivity contribution in [2.45, 2.75) is 55.6 Å². The molecule has 1 aromatic heterocycles. The van der Waals surface area contributed by atoms with Crippen molar-refractivity contribution in [1.29, 1.82) is 0 Å². The second-order valence-electron chi connectivity index (χ2n) is 7.55. The van der Waals surface area contributed by atoms with Gasteiger partial charge >= 0.3 is 0 Å². The van der Waals surface area contributed by atoms with Gasteiger partial charge in [-0.05, 0) is 25.3 Å². The summed E-state index contributed by atoms with van der Waals surface area (Å²) in [6.07, 6.45) is 6.84. The molecular weight excluding hydrogens is 382 g/mol. The van der Waals surface area contributed by atoms with E-state index in [1.807, 2.05) is 36.0 Å². The lowest BCUT2D eigenvalue weighted by atomic mass is 10.0. The fraction of sp³-hybridized carbons (Fsp3) is 0.550. The maximum absolute atomic E-state index is 12.8. The van der Waals surface area contributed by atoms with Crippen molar-refractivity contribution < 1.29 is 17.6 Å². The highest BCUT2D eigenvalue weighted by molar-refractivity contribution is 7.99. The Kier molecular flexibility index (Phi) is 5.50. The van der Waals surface area contributed by atoms with Crippen LogP contribution in [0.5, 0.6) is 0 Å². The van der Waals surface area contributed by atoms with Crippen molar-refractivity contribution in [3.05, 3.63) is 35.6 Å². The van der Waals surface area contributed by atoms with E-state index in [-0.39, 0.29) is 23.5 Å². The Morgan fingerprint density at radius 3 is 2.67 bits per heavy atom. The number of fused-ring (bicyclic) bond motifs is 1. The summed E-state index contributed by atoms with van der Waals surface area (Å²) in [5, 5.41) is 4.49. The molecule has 1 N–H and O–H groups in total. The van der Waals surface area contributed by atoms with Gasteiger partial charge in [0.05, 0.1) is 11.5 Å². The lowest BCUT2D eigenvalue weighted by Gasteiger charge is -2.21. The zero-order valence-electron chi connectivity index (χ0n) is 15.3. The third-order valence-electron chi connectivity index (χ3n) is 5.49. The first-order valence-electron chi connectivity index (χ1n) is 9.65. The topological polar surface area (TPSA) is 76.4 Å². The third kappa shape index (κ3) is 4.35. The molecule has 5 nitrogen and oxygen atoms in total. The van der Waals surface area contributed by atoms with Gasteiger partial charge in [-0.2, -0.15) is 11.8 Å². The molecule has 1 aliphatic carbocycles. The average molecular weight is 408 g/mol. The minimum Gasteiger partial charge on any atom is -0.451 e. The standard InChI is InChI=1S/C20H25NO4S2/c22-20(21-14-10-11-27(23,24)13-14)19-17(12-26-15-6-2-1-3-7-15)16-8-4-5-9-18(16)25-19/h4-5,8-9,14-15H,1-3,6-7,10-13H2,(H,21,22). The molecule has 2 aromatic rings. The number of carbonyl (C=O) groups is 1. The van der Waals surface area contributed by atoms with E-state index in [0.29, 0.717) is 23.0 Å². The van der Waals surface area contributed by atoms with Crippen LogP contribution in [0.2, 0.25) is 0 Å². The molecule has 1 atom stereocenters. The maximum atomic E-state index is 12.8. The van der Waals surface area contributed by atoms with Crippen LogP contribution in [-0.2, 0) is 15.6 Å². The Bertz CT molecular complexity index is 929. The molecule has 2 aliphatic rings. The summed E-state index contributed by atoms with van der Waals surface area (Å²) in [5.74, 6) is 0.942. The van der Waals surface area contributed by atoms with E-state index in [1.165, 1.54) is 32.1 Å². The molecule has 1 saturated carbocycles. The third-order valence-corrected chi connectivity index (χ3v) is 8.65. The molecule has 0 radical (unpaired) electrons. The Morgan fingerprint density at radius 1 is 1.15 bits per heavy atom. The fourth-order valence-electron chi connectivity index (χ4n) is 4.02. The Morgan fingerprint density at radius 2 is 1.93 bits per heavy atom. The lowest BCUT2D eigenvalue weighted by Crippen LogP contribution is -2.35. The maximum Gasteiger partial charge on any atom is 0.287 e. The summed E-state index contributed by atoms with van der Waals surface area (Å²) in [7, 11) is -3.03. The summed E-state index contributed by atoms with van der Waals surface area (Å²) >= 11 is 1.91. The van der Waals surface area contributed by atoms with Crippen LogP contribution < -0.4 is 5.32 Å². The van der Waals surface area contributed by atoms with E-state index in [9.17, 15) is 13.2 Å². The SMILES string of the molecule is O=C(NC1CCS(=O)(=O)C1)c1oc2ccccc2c1CSC1CCCCC1. The van der Waals surface area contributed by atoms with Crippen LogP contribution in [0.15, 0.2) is 28.7 Å². The smallest absolute Gasteiger partial charge is 0.287 e. The summed E-state index contributed by atoms with van der Waals surface area (Å²) in [4.78, 5) is 12.8. The van der Waals surface area contributed by atoms with Gasteiger partial charge in [0.2, 0.25) is 0 Å². The zero-order valence-corrected chi connectivity index (χ0v) is 16.9. The first-order valence-corrected chi connectivity index (χ1v) is 12.5. The van der Waals surface area contributed by atoms with Crippen molar-refractivity contribution in [3.8, 4) is 0 Å². The molecule has 4 rings (SSSR count). The minimum atomic E-state index is -3.03. The van der Waals surface area contributed by atoms with Crippen LogP contribution in [0, 0.1) is 0 Å². The largest absolute Gasteiger partial charge is 0.451 e. The highest BCUT2D eigenvalue weighted by Crippen LogP contribution is 2.35. The van der Waals surface area contributed by atoms with E-state index in [2.05, 4.69) is 5.32 Å². The number of rotatable bonds is 5. The molecule has 27 heavy (non-hydrogen) atoms. The van der Waals surface area contributed by atoms with Crippen LogP contribution >= 0.6 is 11.8 Å². The molecular formula is C20H25NO4S2. The molecule has 0 spiro atoms. The van der Waals surface area contributed by atoms with Crippen molar-refractivity contribution in [1.82, 2.24) is 5.32 Å². The number of benzene rings is 1. The summed E-state index contributed by atoms with van der Waals surface area (Å²) < 4.78 is 29.2. The van der Waals surface area contributed by atoms with E-state index in [0.717, 1.165) is 16.7 Å². The Hall–Kier alpha value is -1.47. The quantitative estimate of drug-likeness (QED) is 0.813. The van der Waals surface area contributed by atoms with Crippen molar-refractivity contribution in [2.75, 3.05) is 11.5 Å². The molecule has 1 unspecified atom stereocenters. The molecule has 7 heteroatoms. The molecule has 2 heterocycles. The van der Waals surface area contributed by atoms with Gasteiger partial charge in [0.1, 0.15) is 5.58 Å². The molecule has 0 bridgehead atoms. The van der Waals surface area contributed by atoms with Gasteiger partial charge in [-0.25, -0.2) is 8.42 Å². The highest BCUT2D eigenvalue weighted by Gasteiger charge is 2.31. The van der Waals surface area contributed by atoms with E-state index in [1.54, 1.807) is 0 Å². The number of thioether (sulfide) groups is 1. The van der Waals surface area contributed by atoms with Gasteiger partial charge in [-0.15, -0.1) is 0 Å². The average Bonchev–Trinajstić information content (AvgIpc) is 3.20. The summed E-state index contributed by atoms with van der Waals surface area (Å²) in [6, 6.07) is 7.40. The summed E-state index contributed by atoms with van der Waals surface area (Å²) in [6.45, 7) is 0. The van der Waals surface area contributed by atoms with Crippen LogP contribution in [0.4, 0.5) is 0 Å². The molecule has 2 fully saturated rings. The second kappa shape index (κ2) is 7.87. The number of furan rings is 1. The molecule has 1 saturated heterocycles. The van der Waals surface area contributed by atoms with Crippen molar-refractivity contribution in [3.63, 3.8) is 0 Å². The number of sulfone groups is 1. The van der Waals surface area contributed by atoms with Gasteiger partial charge in [0.15, 0.2) is 15.6 Å². The predicted molar refractivity (Wildman–Crippen MR) is 109 cm³/mol. The first-order chi connectivity index (χ1) is 13.0. The van der Waals surface area contributed by atoms with Crippen LogP contribution in [-0.4, -0.2) is 37.1 Å². The monoisotopic (exact) mass is 407 g/mol. The molecule has 146 valence electrons. The minimum absolute atomic E-state index is 0.0190. The molecule has 1 amide bonds. The second-order valence-corrected chi connectivity index (χ2v) is 11.1. The van der Waals surface area contributed by atoms with Gasteiger partial charge in [-0.1, -0.05) is 37.5 Å². The predicted octanol–water partition coefficient (Wildman–Crippen LogP) is 3.92.